The van der Waals surface area contributed by atoms with Gasteiger partial charge in [0.05, 0.1) is 0 Å². The lowest BCUT2D eigenvalue weighted by molar-refractivity contribution is 0.302. The summed E-state index contributed by atoms with van der Waals surface area (Å²) in [6, 6.07) is 10.3. The van der Waals surface area contributed by atoms with Crippen molar-refractivity contribution in [3.63, 3.8) is 0 Å². The molecule has 1 saturated carbocycles. The summed E-state index contributed by atoms with van der Waals surface area (Å²) in [5.74, 6) is -5.67. The van der Waals surface area contributed by atoms with Gasteiger partial charge in [-0.2, -0.15) is 0 Å². The molecule has 0 bridgehead atoms. The third-order valence-corrected chi connectivity index (χ3v) is 6.97. The van der Waals surface area contributed by atoms with E-state index in [-0.39, 0.29) is 24.3 Å². The Kier molecular flexibility index (Phi) is 9.52. The molecule has 3 aromatic rings. The Balaban J connectivity index is 0.00000361. The fourth-order valence-corrected chi connectivity index (χ4v) is 4.99. The van der Waals surface area contributed by atoms with Gasteiger partial charge in [-0.15, -0.1) is 0 Å². The van der Waals surface area contributed by atoms with Crippen LogP contribution in [0.1, 0.15) is 77.2 Å². The fraction of sp³-hybridized carbons (Fsp3) is 0.400. The van der Waals surface area contributed by atoms with Gasteiger partial charge in [-0.25, -0.2) is 22.0 Å². The molecule has 6 heteroatoms. The van der Waals surface area contributed by atoms with Crippen LogP contribution in [-0.2, 0) is 0 Å². The summed E-state index contributed by atoms with van der Waals surface area (Å²) in [7, 11) is 0. The predicted molar refractivity (Wildman–Crippen MR) is 134 cm³/mol. The number of rotatable bonds is 8. The van der Waals surface area contributed by atoms with Crippen LogP contribution in [0.3, 0.4) is 0 Å². The smallest absolute Gasteiger partial charge is 0.194 e. The average molecular weight is 505 g/mol. The highest BCUT2D eigenvalue weighted by atomic mass is 19.2. The second-order valence-electron chi connectivity index (χ2n) is 9.37. The fourth-order valence-electron chi connectivity index (χ4n) is 4.99. The van der Waals surface area contributed by atoms with E-state index in [1.807, 2.05) is 6.07 Å². The van der Waals surface area contributed by atoms with Gasteiger partial charge in [-0.05, 0) is 55.2 Å². The van der Waals surface area contributed by atoms with E-state index in [0.717, 1.165) is 37.2 Å². The summed E-state index contributed by atoms with van der Waals surface area (Å²) in [4.78, 5) is 0. The summed E-state index contributed by atoms with van der Waals surface area (Å²) >= 11 is 0. The molecule has 0 atom stereocenters. The van der Waals surface area contributed by atoms with E-state index in [9.17, 15) is 13.2 Å². The zero-order valence-electron chi connectivity index (χ0n) is 19.7. The van der Waals surface area contributed by atoms with E-state index in [0.29, 0.717) is 18.1 Å². The minimum absolute atomic E-state index is 0. The van der Waals surface area contributed by atoms with Crippen LogP contribution in [-0.4, -0.2) is 0 Å². The normalized spacial score (nSPS) is 17.5. The van der Waals surface area contributed by atoms with E-state index in [1.165, 1.54) is 49.9 Å². The van der Waals surface area contributed by atoms with Crippen LogP contribution in [0.4, 0.5) is 22.0 Å². The highest BCUT2D eigenvalue weighted by Gasteiger charge is 2.24. The van der Waals surface area contributed by atoms with Crippen molar-refractivity contribution in [2.75, 3.05) is 0 Å². The Bertz CT molecular complexity index is 1140. The Morgan fingerprint density at radius 2 is 1.44 bits per heavy atom. The topological polar surface area (TPSA) is 9.23 Å². The molecule has 0 N–H and O–H groups in total. The molecule has 1 nitrogen and oxygen atoms in total. The SMILES string of the molecule is C.CCCCCC1CCC(c2ccc(-c3cccc(Oc4cc(F)c(F)c(F)c4)c3F)c(F)c2)CC1. The zero-order valence-corrected chi connectivity index (χ0v) is 19.7. The van der Waals surface area contributed by atoms with Crippen LogP contribution in [0.25, 0.3) is 11.1 Å². The first kappa shape index (κ1) is 27.7. The minimum Gasteiger partial charge on any atom is -0.454 e. The molecule has 4 rings (SSSR count). The van der Waals surface area contributed by atoms with Crippen LogP contribution in [0.5, 0.6) is 11.5 Å². The molecule has 1 aliphatic carbocycles. The number of ether oxygens (including phenoxy) is 1. The van der Waals surface area contributed by atoms with Crippen molar-refractivity contribution < 1.29 is 26.7 Å². The molecule has 0 aliphatic heterocycles. The molecule has 0 amide bonds. The maximum Gasteiger partial charge on any atom is 0.194 e. The number of benzene rings is 3. The zero-order chi connectivity index (χ0) is 24.9. The lowest BCUT2D eigenvalue weighted by Crippen LogP contribution is -2.13. The van der Waals surface area contributed by atoms with Crippen molar-refractivity contribution in [3.8, 4) is 22.6 Å². The van der Waals surface area contributed by atoms with Gasteiger partial charge in [-0.3, -0.25) is 0 Å². The molecule has 1 aliphatic rings. The molecule has 0 spiro atoms. The first-order valence-electron chi connectivity index (χ1n) is 12.3. The third-order valence-electron chi connectivity index (χ3n) is 6.97. The van der Waals surface area contributed by atoms with E-state index >= 15 is 8.78 Å². The van der Waals surface area contributed by atoms with Gasteiger partial charge in [-0.1, -0.05) is 64.3 Å². The molecule has 0 aromatic heterocycles. The Labute approximate surface area is 210 Å². The minimum atomic E-state index is -1.64. The van der Waals surface area contributed by atoms with E-state index in [2.05, 4.69) is 6.92 Å². The van der Waals surface area contributed by atoms with Crippen molar-refractivity contribution in [2.24, 2.45) is 5.92 Å². The van der Waals surface area contributed by atoms with Crippen LogP contribution in [0.15, 0.2) is 48.5 Å². The molecule has 0 unspecified atom stereocenters. The number of unbranched alkanes of at least 4 members (excludes halogenated alkanes) is 2. The Morgan fingerprint density at radius 3 is 2.08 bits per heavy atom. The van der Waals surface area contributed by atoms with Crippen molar-refractivity contribution in [3.05, 3.63) is 83.2 Å². The summed E-state index contributed by atoms with van der Waals surface area (Å²) < 4.78 is 75.7. The second kappa shape index (κ2) is 12.4. The lowest BCUT2D eigenvalue weighted by Gasteiger charge is -2.29. The van der Waals surface area contributed by atoms with Gasteiger partial charge in [0.15, 0.2) is 29.0 Å². The highest BCUT2D eigenvalue weighted by Crippen LogP contribution is 2.40. The summed E-state index contributed by atoms with van der Waals surface area (Å²) in [6.45, 7) is 2.21. The summed E-state index contributed by atoms with van der Waals surface area (Å²) in [5, 5.41) is 0. The van der Waals surface area contributed by atoms with Crippen LogP contribution >= 0.6 is 0 Å². The standard InChI is InChI=1S/C29H29F5O.CH4/c1-2-3-4-6-18-9-11-19(12-10-18)20-13-14-22(24(30)15-20)23-7-5-8-27(28(23)33)35-21-16-25(31)29(34)26(32)17-21;/h5,7-8,13-19H,2-4,6,9-12H2,1H3;1H4. The van der Waals surface area contributed by atoms with Crippen molar-refractivity contribution in [1.82, 2.24) is 0 Å². The van der Waals surface area contributed by atoms with Crippen molar-refractivity contribution >= 4 is 0 Å². The largest absolute Gasteiger partial charge is 0.454 e. The van der Waals surface area contributed by atoms with Gasteiger partial charge in [0.1, 0.15) is 11.6 Å². The molecular weight excluding hydrogens is 471 g/mol. The molecule has 3 aromatic carbocycles. The van der Waals surface area contributed by atoms with Gasteiger partial charge in [0, 0.05) is 23.3 Å². The highest BCUT2D eigenvalue weighted by molar-refractivity contribution is 5.67. The molecule has 0 heterocycles. The van der Waals surface area contributed by atoms with E-state index < -0.39 is 34.8 Å². The monoisotopic (exact) mass is 504 g/mol. The molecule has 0 radical (unpaired) electrons. The molecular formula is C30H33F5O. The number of hydrogen-bond donors (Lipinski definition) is 0. The first-order chi connectivity index (χ1) is 16.9. The number of hydrogen-bond acceptors (Lipinski definition) is 1. The summed E-state index contributed by atoms with van der Waals surface area (Å²) in [5.41, 5.74) is 0.957. The molecule has 1 fully saturated rings. The van der Waals surface area contributed by atoms with Gasteiger partial charge in [0.2, 0.25) is 0 Å². The van der Waals surface area contributed by atoms with Gasteiger partial charge < -0.3 is 4.74 Å². The van der Waals surface area contributed by atoms with Crippen molar-refractivity contribution in [2.45, 2.75) is 71.6 Å². The summed E-state index contributed by atoms with van der Waals surface area (Å²) in [6.07, 6.45) is 9.38. The predicted octanol–water partition coefficient (Wildman–Crippen LogP) is 10.3. The van der Waals surface area contributed by atoms with Crippen LogP contribution in [0, 0.1) is 35.0 Å². The van der Waals surface area contributed by atoms with Gasteiger partial charge >= 0.3 is 0 Å². The quantitative estimate of drug-likeness (QED) is 0.168. The van der Waals surface area contributed by atoms with Crippen LogP contribution < -0.4 is 4.74 Å². The van der Waals surface area contributed by atoms with E-state index in [4.69, 9.17) is 4.74 Å². The average Bonchev–Trinajstić information content (AvgIpc) is 2.85. The Morgan fingerprint density at radius 1 is 0.750 bits per heavy atom. The molecule has 36 heavy (non-hydrogen) atoms. The molecule has 0 saturated heterocycles. The second-order valence-corrected chi connectivity index (χ2v) is 9.37. The van der Waals surface area contributed by atoms with E-state index in [1.54, 1.807) is 6.07 Å². The Hall–Kier alpha value is -2.89. The van der Waals surface area contributed by atoms with Crippen LogP contribution in [0.2, 0.25) is 0 Å². The first-order valence-corrected chi connectivity index (χ1v) is 12.3. The third kappa shape index (κ3) is 6.26. The number of halogens is 5. The molecule has 194 valence electrons. The maximum atomic E-state index is 15.2. The van der Waals surface area contributed by atoms with Crippen molar-refractivity contribution in [1.29, 1.82) is 0 Å². The van der Waals surface area contributed by atoms with Gasteiger partial charge in [0.25, 0.3) is 0 Å². The lowest BCUT2D eigenvalue weighted by atomic mass is 9.77. The maximum absolute atomic E-state index is 15.2.